The van der Waals surface area contributed by atoms with Crippen LogP contribution in [-0.4, -0.2) is 18.3 Å². The Morgan fingerprint density at radius 1 is 1.13 bits per heavy atom. The maximum absolute atomic E-state index is 12.6. The van der Waals surface area contributed by atoms with Crippen LogP contribution in [0.4, 0.5) is 10.5 Å². The van der Waals surface area contributed by atoms with E-state index in [4.69, 9.17) is 4.74 Å². The van der Waals surface area contributed by atoms with Crippen molar-refractivity contribution in [2.75, 3.05) is 12.0 Å². The number of hydrogen-bond donors (Lipinski definition) is 0. The van der Waals surface area contributed by atoms with Crippen molar-refractivity contribution < 1.29 is 14.3 Å². The van der Waals surface area contributed by atoms with Gasteiger partial charge in [0.25, 0.3) is 11.1 Å². The molecule has 4 nitrogen and oxygen atoms in total. The Bertz CT molecular complexity index is 805. The summed E-state index contributed by atoms with van der Waals surface area (Å²) in [5.74, 6) is 0.313. The molecule has 2 aromatic rings. The first-order valence-corrected chi connectivity index (χ1v) is 8.37. The molecule has 1 saturated heterocycles. The number of halogens is 1. The quantitative estimate of drug-likeness (QED) is 0.713. The molecule has 0 radical (unpaired) electrons. The summed E-state index contributed by atoms with van der Waals surface area (Å²) < 4.78 is 6.17. The van der Waals surface area contributed by atoms with Gasteiger partial charge in [-0.25, -0.2) is 4.90 Å². The van der Waals surface area contributed by atoms with Crippen LogP contribution in [0.2, 0.25) is 0 Å². The van der Waals surface area contributed by atoms with E-state index in [1.54, 1.807) is 43.5 Å². The molecule has 6 heteroatoms. The molecule has 0 bridgehead atoms. The minimum absolute atomic E-state index is 0.304. The zero-order valence-electron chi connectivity index (χ0n) is 12.2. The number of hydrogen-bond acceptors (Lipinski definition) is 4. The van der Waals surface area contributed by atoms with Crippen LogP contribution in [0.15, 0.2) is 57.9 Å². The first-order valence-electron chi connectivity index (χ1n) is 6.76. The van der Waals surface area contributed by atoms with Crippen LogP contribution in [0.1, 0.15) is 5.56 Å². The van der Waals surface area contributed by atoms with Crippen LogP contribution in [0.25, 0.3) is 6.08 Å². The van der Waals surface area contributed by atoms with E-state index in [1.807, 2.05) is 18.2 Å². The van der Waals surface area contributed by atoms with Crippen molar-refractivity contribution in [3.8, 4) is 5.75 Å². The number of rotatable bonds is 3. The molecule has 0 aromatic heterocycles. The Balaban J connectivity index is 1.98. The van der Waals surface area contributed by atoms with E-state index in [0.717, 1.165) is 21.8 Å². The van der Waals surface area contributed by atoms with Crippen LogP contribution >= 0.6 is 27.7 Å². The van der Waals surface area contributed by atoms with Gasteiger partial charge in [0.1, 0.15) is 5.75 Å². The van der Waals surface area contributed by atoms with Gasteiger partial charge in [0.2, 0.25) is 0 Å². The number of benzene rings is 2. The molecular formula is C17H12BrNO3S. The standard InChI is InChI=1S/C17H12BrNO3S/c1-22-14-8-7-12(18)9-11(14)10-15-16(20)19(17(21)23-15)13-5-3-2-4-6-13/h2-10H,1H3. The lowest BCUT2D eigenvalue weighted by Crippen LogP contribution is -2.27. The van der Waals surface area contributed by atoms with E-state index < -0.39 is 0 Å². The highest BCUT2D eigenvalue weighted by molar-refractivity contribution is 9.10. The minimum Gasteiger partial charge on any atom is -0.496 e. The summed E-state index contributed by atoms with van der Waals surface area (Å²) in [5, 5.41) is -0.304. The maximum atomic E-state index is 12.6. The van der Waals surface area contributed by atoms with Crippen molar-refractivity contribution in [3.05, 3.63) is 63.5 Å². The lowest BCUT2D eigenvalue weighted by Gasteiger charge is -2.11. The van der Waals surface area contributed by atoms with Crippen molar-refractivity contribution >= 4 is 50.6 Å². The van der Waals surface area contributed by atoms with Crippen molar-refractivity contribution in [2.24, 2.45) is 0 Å². The molecule has 23 heavy (non-hydrogen) atoms. The largest absolute Gasteiger partial charge is 0.496 e. The number of methoxy groups -OCH3 is 1. The van der Waals surface area contributed by atoms with Gasteiger partial charge in [0, 0.05) is 10.0 Å². The average molecular weight is 390 g/mol. The second-order valence-electron chi connectivity index (χ2n) is 4.74. The normalized spacial score (nSPS) is 16.3. The number of anilines is 1. The molecule has 0 atom stereocenters. The fraction of sp³-hybridized carbons (Fsp3) is 0.0588. The Morgan fingerprint density at radius 3 is 2.57 bits per heavy atom. The predicted octanol–water partition coefficient (Wildman–Crippen LogP) is 4.70. The summed E-state index contributed by atoms with van der Waals surface area (Å²) >= 11 is 4.32. The van der Waals surface area contributed by atoms with Gasteiger partial charge in [0.05, 0.1) is 17.7 Å². The van der Waals surface area contributed by atoms with Gasteiger partial charge in [-0.15, -0.1) is 0 Å². The van der Waals surface area contributed by atoms with Gasteiger partial charge < -0.3 is 4.74 Å². The molecule has 0 unspecified atom stereocenters. The molecule has 0 spiro atoms. The summed E-state index contributed by atoms with van der Waals surface area (Å²) in [6.07, 6.45) is 1.68. The van der Waals surface area contributed by atoms with E-state index in [1.165, 1.54) is 4.90 Å². The Labute approximate surface area is 146 Å². The molecule has 116 valence electrons. The third-order valence-corrected chi connectivity index (χ3v) is 4.65. The highest BCUT2D eigenvalue weighted by atomic mass is 79.9. The number of ether oxygens (including phenoxy) is 1. The lowest BCUT2D eigenvalue weighted by molar-refractivity contribution is -0.113. The average Bonchev–Trinajstić information content (AvgIpc) is 2.82. The number of amides is 2. The third kappa shape index (κ3) is 3.18. The van der Waals surface area contributed by atoms with Crippen LogP contribution in [0.5, 0.6) is 5.75 Å². The topological polar surface area (TPSA) is 46.6 Å². The lowest BCUT2D eigenvalue weighted by atomic mass is 10.2. The highest BCUT2D eigenvalue weighted by Crippen LogP contribution is 2.37. The second kappa shape index (κ2) is 6.60. The monoisotopic (exact) mass is 389 g/mol. The molecular weight excluding hydrogens is 378 g/mol. The van der Waals surface area contributed by atoms with Gasteiger partial charge in [-0.2, -0.15) is 0 Å². The number of carbonyl (C=O) groups is 2. The predicted molar refractivity (Wildman–Crippen MR) is 95.6 cm³/mol. The zero-order chi connectivity index (χ0) is 16.4. The zero-order valence-corrected chi connectivity index (χ0v) is 14.6. The molecule has 1 fully saturated rings. The molecule has 0 aliphatic carbocycles. The molecule has 1 aliphatic rings. The Morgan fingerprint density at radius 2 is 1.87 bits per heavy atom. The number of thioether (sulfide) groups is 1. The molecule has 1 heterocycles. The van der Waals surface area contributed by atoms with Gasteiger partial charge in [-0.05, 0) is 48.2 Å². The summed E-state index contributed by atoms with van der Waals surface area (Å²) in [4.78, 5) is 26.3. The first-order chi connectivity index (χ1) is 11.1. The molecule has 3 rings (SSSR count). The summed E-state index contributed by atoms with van der Waals surface area (Å²) in [6.45, 7) is 0. The maximum Gasteiger partial charge on any atom is 0.298 e. The smallest absolute Gasteiger partial charge is 0.298 e. The van der Waals surface area contributed by atoms with Crippen molar-refractivity contribution in [3.63, 3.8) is 0 Å². The number of nitrogens with zero attached hydrogens (tertiary/aromatic N) is 1. The van der Waals surface area contributed by atoms with E-state index >= 15 is 0 Å². The fourth-order valence-electron chi connectivity index (χ4n) is 2.23. The SMILES string of the molecule is COc1ccc(Br)cc1C=C1SC(=O)N(c2ccccc2)C1=O. The number of carbonyl (C=O) groups excluding carboxylic acids is 2. The number of imide groups is 1. The Kier molecular flexibility index (Phi) is 4.54. The van der Waals surface area contributed by atoms with Gasteiger partial charge in [-0.3, -0.25) is 9.59 Å². The van der Waals surface area contributed by atoms with Gasteiger partial charge >= 0.3 is 0 Å². The summed E-state index contributed by atoms with van der Waals surface area (Å²) in [6, 6.07) is 14.4. The number of para-hydroxylation sites is 1. The van der Waals surface area contributed by atoms with Crippen molar-refractivity contribution in [1.29, 1.82) is 0 Å². The van der Waals surface area contributed by atoms with Crippen LogP contribution in [0.3, 0.4) is 0 Å². The summed E-state index contributed by atoms with van der Waals surface area (Å²) in [5.41, 5.74) is 1.31. The molecule has 0 saturated carbocycles. The Hall–Kier alpha value is -2.05. The van der Waals surface area contributed by atoms with Crippen molar-refractivity contribution in [1.82, 2.24) is 0 Å². The molecule has 2 aromatic carbocycles. The van der Waals surface area contributed by atoms with E-state index in [0.29, 0.717) is 16.3 Å². The van der Waals surface area contributed by atoms with Crippen LogP contribution in [0, 0.1) is 0 Å². The van der Waals surface area contributed by atoms with E-state index in [-0.39, 0.29) is 11.1 Å². The summed E-state index contributed by atoms with van der Waals surface area (Å²) in [7, 11) is 1.57. The molecule has 0 N–H and O–H groups in total. The highest BCUT2D eigenvalue weighted by Gasteiger charge is 2.36. The molecule has 2 amide bonds. The van der Waals surface area contributed by atoms with Crippen LogP contribution in [-0.2, 0) is 4.79 Å². The van der Waals surface area contributed by atoms with E-state index in [9.17, 15) is 9.59 Å². The first kappa shape index (κ1) is 15.8. The van der Waals surface area contributed by atoms with Crippen LogP contribution < -0.4 is 9.64 Å². The molecule has 1 aliphatic heterocycles. The second-order valence-corrected chi connectivity index (χ2v) is 6.65. The van der Waals surface area contributed by atoms with E-state index in [2.05, 4.69) is 15.9 Å². The van der Waals surface area contributed by atoms with Crippen molar-refractivity contribution in [2.45, 2.75) is 0 Å². The van der Waals surface area contributed by atoms with Gasteiger partial charge in [0.15, 0.2) is 0 Å². The third-order valence-electron chi connectivity index (χ3n) is 3.29. The fourth-order valence-corrected chi connectivity index (χ4v) is 3.44. The minimum atomic E-state index is -0.326. The van der Waals surface area contributed by atoms with Gasteiger partial charge in [-0.1, -0.05) is 34.1 Å².